The molecule has 2 aliphatic heterocycles. The van der Waals surface area contributed by atoms with Gasteiger partial charge < -0.3 is 20.5 Å². The first-order valence-electron chi connectivity index (χ1n) is 10.8. The maximum Gasteiger partial charge on any atom is 0.224 e. The summed E-state index contributed by atoms with van der Waals surface area (Å²) in [5.41, 5.74) is 4.25. The standard InChI is InChI=1S/C16H15BrN2O2.C9H8BrNO2.H2S/c1-10(13-4-2-3-7-18-13)21-14-9-12(17)8-11-5-6-15(20)19-16(11)14;10-6-3-5-1-2-8(13)11-9(5)7(12)4-6;/h2-4,7-10H,5-6H2,1H3,(H,19,20);3-4,12H,1-2H2,(H,11,13);1H2/t10-;;/m0../s1. The highest BCUT2D eigenvalue weighted by Gasteiger charge is 2.21. The SMILES string of the molecule is C[C@H](Oc1cc(Br)cc2c1NC(=O)CC2)c1ccccn1.O=C1CCc2cc(Br)cc(O)c2N1.S. The van der Waals surface area contributed by atoms with Gasteiger partial charge in [-0.15, -0.1) is 0 Å². The van der Waals surface area contributed by atoms with Crippen LogP contribution in [-0.4, -0.2) is 21.9 Å². The number of fused-ring (bicyclic) bond motifs is 2. The van der Waals surface area contributed by atoms with Crippen molar-refractivity contribution in [3.8, 4) is 11.5 Å². The van der Waals surface area contributed by atoms with Crippen LogP contribution >= 0.6 is 45.4 Å². The Labute approximate surface area is 227 Å². The van der Waals surface area contributed by atoms with Crippen molar-refractivity contribution in [1.29, 1.82) is 0 Å². The van der Waals surface area contributed by atoms with Crippen molar-refractivity contribution in [2.75, 3.05) is 10.6 Å². The summed E-state index contributed by atoms with van der Waals surface area (Å²) in [7, 11) is 0. The van der Waals surface area contributed by atoms with E-state index in [1.807, 2.05) is 43.3 Å². The lowest BCUT2D eigenvalue weighted by molar-refractivity contribution is -0.117. The number of anilines is 2. The number of aromatic nitrogens is 1. The molecule has 3 heterocycles. The van der Waals surface area contributed by atoms with Crippen molar-refractivity contribution >= 4 is 68.5 Å². The van der Waals surface area contributed by atoms with E-state index in [9.17, 15) is 14.7 Å². The zero-order valence-electron chi connectivity index (χ0n) is 18.9. The third-order valence-electron chi connectivity index (χ3n) is 5.49. The molecule has 2 aliphatic rings. The predicted molar refractivity (Wildman–Crippen MR) is 148 cm³/mol. The topological polar surface area (TPSA) is 101 Å². The average Bonchev–Trinajstić information content (AvgIpc) is 2.81. The number of carbonyl (C=O) groups excluding carboxylic acids is 2. The average molecular weight is 623 g/mol. The van der Waals surface area contributed by atoms with Crippen molar-refractivity contribution in [2.24, 2.45) is 0 Å². The quantitative estimate of drug-likeness (QED) is 0.310. The van der Waals surface area contributed by atoms with Crippen LogP contribution in [0.3, 0.4) is 0 Å². The van der Waals surface area contributed by atoms with Crippen LogP contribution in [0.5, 0.6) is 11.5 Å². The fourth-order valence-corrected chi connectivity index (χ4v) is 4.80. The summed E-state index contributed by atoms with van der Waals surface area (Å²) in [6.45, 7) is 1.94. The fourth-order valence-electron chi connectivity index (χ4n) is 3.82. The van der Waals surface area contributed by atoms with E-state index in [1.54, 1.807) is 12.3 Å². The highest BCUT2D eigenvalue weighted by atomic mass is 79.9. The molecule has 0 fully saturated rings. The van der Waals surface area contributed by atoms with Gasteiger partial charge in [0.25, 0.3) is 0 Å². The van der Waals surface area contributed by atoms with Gasteiger partial charge in [0, 0.05) is 28.0 Å². The van der Waals surface area contributed by atoms with E-state index in [2.05, 4.69) is 47.5 Å². The molecule has 0 saturated heterocycles. The molecule has 10 heteroatoms. The lowest BCUT2D eigenvalue weighted by Crippen LogP contribution is -2.20. The van der Waals surface area contributed by atoms with Crippen LogP contribution in [0.1, 0.15) is 42.7 Å². The van der Waals surface area contributed by atoms with Gasteiger partial charge in [-0.2, -0.15) is 13.5 Å². The molecular weight excluding hydrogens is 598 g/mol. The van der Waals surface area contributed by atoms with E-state index in [1.165, 1.54) is 0 Å². The molecule has 2 aromatic carbocycles. The zero-order chi connectivity index (χ0) is 24.2. The smallest absolute Gasteiger partial charge is 0.224 e. The van der Waals surface area contributed by atoms with Crippen molar-refractivity contribution in [3.63, 3.8) is 0 Å². The second-order valence-electron chi connectivity index (χ2n) is 8.01. The number of carbonyl (C=O) groups is 2. The van der Waals surface area contributed by atoms with Gasteiger partial charge in [-0.3, -0.25) is 14.6 Å². The summed E-state index contributed by atoms with van der Waals surface area (Å²) in [6.07, 6.45) is 3.97. The highest BCUT2D eigenvalue weighted by molar-refractivity contribution is 9.10. The molecule has 0 saturated carbocycles. The third-order valence-corrected chi connectivity index (χ3v) is 6.41. The molecule has 5 rings (SSSR count). The number of phenols is 1. The van der Waals surface area contributed by atoms with E-state index in [4.69, 9.17) is 4.74 Å². The summed E-state index contributed by atoms with van der Waals surface area (Å²) in [5, 5.41) is 15.1. The number of amides is 2. The Morgan fingerprint density at radius 1 is 0.914 bits per heavy atom. The molecule has 0 unspecified atom stereocenters. The first-order valence-corrected chi connectivity index (χ1v) is 12.4. The number of ether oxygens (including phenoxy) is 1. The Morgan fingerprint density at radius 3 is 2.14 bits per heavy atom. The van der Waals surface area contributed by atoms with E-state index >= 15 is 0 Å². The van der Waals surface area contributed by atoms with E-state index in [0.717, 1.165) is 37.9 Å². The van der Waals surface area contributed by atoms with Gasteiger partial charge in [-0.25, -0.2) is 0 Å². The Balaban J connectivity index is 0.000000211. The maximum absolute atomic E-state index is 11.6. The van der Waals surface area contributed by atoms with Crippen molar-refractivity contribution < 1.29 is 19.4 Å². The molecule has 1 atom stereocenters. The molecule has 0 spiro atoms. The Kier molecular flexibility index (Phi) is 9.21. The fraction of sp³-hybridized carbons (Fsp3) is 0.240. The van der Waals surface area contributed by atoms with Gasteiger partial charge in [-0.1, -0.05) is 37.9 Å². The number of pyridine rings is 1. The summed E-state index contributed by atoms with van der Waals surface area (Å²) in [6, 6.07) is 13.1. The summed E-state index contributed by atoms with van der Waals surface area (Å²) < 4.78 is 7.80. The van der Waals surface area contributed by atoms with E-state index < -0.39 is 0 Å². The van der Waals surface area contributed by atoms with Crippen LogP contribution in [-0.2, 0) is 22.4 Å². The minimum atomic E-state index is -0.191. The largest absolute Gasteiger partial charge is 0.506 e. The molecule has 1 aromatic heterocycles. The van der Waals surface area contributed by atoms with Crippen LogP contribution < -0.4 is 15.4 Å². The number of benzene rings is 2. The van der Waals surface area contributed by atoms with Crippen LogP contribution in [0.4, 0.5) is 11.4 Å². The van der Waals surface area contributed by atoms with Crippen molar-refractivity contribution in [3.05, 3.63) is 74.4 Å². The van der Waals surface area contributed by atoms with Gasteiger partial charge in [0.2, 0.25) is 11.8 Å². The molecule has 3 N–H and O–H groups in total. The Bertz CT molecular complexity index is 1240. The summed E-state index contributed by atoms with van der Waals surface area (Å²) in [4.78, 5) is 27.0. The molecule has 35 heavy (non-hydrogen) atoms. The number of nitrogens with one attached hydrogen (secondary N) is 2. The molecule has 2 amide bonds. The minimum absolute atomic E-state index is 0. The molecule has 0 radical (unpaired) electrons. The van der Waals surface area contributed by atoms with Crippen molar-refractivity contribution in [1.82, 2.24) is 4.98 Å². The molecule has 184 valence electrons. The maximum atomic E-state index is 11.6. The number of phenolic OH excluding ortho intramolecular Hbond substituents is 1. The van der Waals surface area contributed by atoms with Gasteiger partial charge in [0.15, 0.2) is 0 Å². The number of rotatable bonds is 3. The number of nitrogens with zero attached hydrogens (tertiary/aromatic N) is 1. The number of halogens is 2. The monoisotopic (exact) mass is 621 g/mol. The normalized spacial score (nSPS) is 14.6. The lowest BCUT2D eigenvalue weighted by atomic mass is 10.0. The Morgan fingerprint density at radius 2 is 1.51 bits per heavy atom. The minimum Gasteiger partial charge on any atom is -0.506 e. The lowest BCUT2D eigenvalue weighted by Gasteiger charge is -2.23. The second kappa shape index (κ2) is 11.9. The Hall–Kier alpha value is -2.56. The summed E-state index contributed by atoms with van der Waals surface area (Å²) >= 11 is 6.78. The van der Waals surface area contributed by atoms with Gasteiger partial charge >= 0.3 is 0 Å². The van der Waals surface area contributed by atoms with Gasteiger partial charge in [0.05, 0.1) is 17.1 Å². The first-order chi connectivity index (χ1) is 16.3. The van der Waals surface area contributed by atoms with Crippen LogP contribution in [0, 0.1) is 0 Å². The summed E-state index contributed by atoms with van der Waals surface area (Å²) in [5.74, 6) is 0.785. The molecule has 3 aromatic rings. The molecular formula is C25H25Br2N3O4S. The first kappa shape index (κ1) is 27.0. The number of aryl methyl sites for hydroxylation is 2. The second-order valence-corrected chi connectivity index (χ2v) is 9.84. The number of hydrogen-bond acceptors (Lipinski definition) is 5. The van der Waals surface area contributed by atoms with E-state index in [0.29, 0.717) is 30.7 Å². The highest BCUT2D eigenvalue weighted by Crippen LogP contribution is 2.38. The van der Waals surface area contributed by atoms with Gasteiger partial charge in [0.1, 0.15) is 17.6 Å². The predicted octanol–water partition coefficient (Wildman–Crippen LogP) is 6.02. The zero-order valence-corrected chi connectivity index (χ0v) is 23.1. The molecule has 7 nitrogen and oxygen atoms in total. The van der Waals surface area contributed by atoms with Crippen LogP contribution in [0.25, 0.3) is 0 Å². The molecule has 0 bridgehead atoms. The van der Waals surface area contributed by atoms with Crippen molar-refractivity contribution in [2.45, 2.75) is 38.7 Å². The third kappa shape index (κ3) is 6.77. The van der Waals surface area contributed by atoms with Crippen LogP contribution in [0.15, 0.2) is 57.6 Å². The number of hydrogen-bond donors (Lipinski definition) is 3. The van der Waals surface area contributed by atoms with Gasteiger partial charge in [-0.05, 0) is 67.3 Å². The van der Waals surface area contributed by atoms with Crippen LogP contribution in [0.2, 0.25) is 0 Å². The van der Waals surface area contributed by atoms with E-state index in [-0.39, 0.29) is 37.2 Å². The molecule has 0 aliphatic carbocycles. The number of aromatic hydroxyl groups is 1.